The molecule has 0 aliphatic heterocycles. The van der Waals surface area contributed by atoms with Crippen LogP contribution in [0.2, 0.25) is 0 Å². The molecule has 22 heavy (non-hydrogen) atoms. The summed E-state index contributed by atoms with van der Waals surface area (Å²) in [6.45, 7) is 4.62. The highest BCUT2D eigenvalue weighted by atomic mass is 16.5. The van der Waals surface area contributed by atoms with E-state index in [0.29, 0.717) is 12.5 Å². The van der Waals surface area contributed by atoms with Gasteiger partial charge in [0.15, 0.2) is 5.96 Å². The van der Waals surface area contributed by atoms with Gasteiger partial charge in [-0.2, -0.15) is 0 Å². The molecule has 0 bridgehead atoms. The number of ether oxygens (including phenoxy) is 1. The van der Waals surface area contributed by atoms with E-state index < -0.39 is 0 Å². The number of nitrogens with one attached hydrogen (secondary N) is 1. The second kappa shape index (κ2) is 8.02. The zero-order valence-corrected chi connectivity index (χ0v) is 13.0. The Morgan fingerprint density at radius 2 is 2.05 bits per heavy atom. The van der Waals surface area contributed by atoms with Crippen molar-refractivity contribution < 1.29 is 4.74 Å². The summed E-state index contributed by atoms with van der Waals surface area (Å²) in [4.78, 5) is 8.38. The molecule has 1 heterocycles. The van der Waals surface area contributed by atoms with E-state index in [4.69, 9.17) is 10.5 Å². The molecule has 5 heteroatoms. The third-order valence-electron chi connectivity index (χ3n) is 2.90. The molecule has 3 N–H and O–H groups in total. The largest absolute Gasteiger partial charge is 0.491 e. The molecule has 1 aromatic heterocycles. The summed E-state index contributed by atoms with van der Waals surface area (Å²) < 4.78 is 5.59. The van der Waals surface area contributed by atoms with Crippen LogP contribution in [0.1, 0.15) is 19.4 Å². The predicted octanol–water partition coefficient (Wildman–Crippen LogP) is 2.84. The van der Waals surface area contributed by atoms with E-state index in [1.54, 1.807) is 6.20 Å². The first kappa shape index (κ1) is 15.8. The molecular formula is C17H22N4O. The van der Waals surface area contributed by atoms with Crippen molar-refractivity contribution in [1.29, 1.82) is 0 Å². The lowest BCUT2D eigenvalue weighted by Crippen LogP contribution is -2.23. The van der Waals surface area contributed by atoms with Crippen LogP contribution in [0.5, 0.6) is 5.75 Å². The van der Waals surface area contributed by atoms with E-state index in [1.807, 2.05) is 56.4 Å². The standard InChI is InChI=1S/C17H22N4O/c1-13(2)22-16-7-5-15(6-8-16)21-17(18)20-11-9-14-4-3-10-19-12-14/h3-8,10,12-13H,9,11H2,1-2H3,(H3,18,20,21). The van der Waals surface area contributed by atoms with Crippen molar-refractivity contribution in [1.82, 2.24) is 4.98 Å². The number of hydrogen-bond donors (Lipinski definition) is 2. The highest BCUT2D eigenvalue weighted by Crippen LogP contribution is 2.16. The van der Waals surface area contributed by atoms with Gasteiger partial charge in [0.25, 0.3) is 0 Å². The number of nitrogens with two attached hydrogens (primary N) is 1. The number of guanidine groups is 1. The second-order valence-corrected chi connectivity index (χ2v) is 5.19. The van der Waals surface area contributed by atoms with E-state index in [1.165, 1.54) is 0 Å². The third kappa shape index (κ3) is 5.44. The summed E-state index contributed by atoms with van der Waals surface area (Å²) in [7, 11) is 0. The molecule has 0 fully saturated rings. The van der Waals surface area contributed by atoms with Gasteiger partial charge in [-0.3, -0.25) is 9.98 Å². The number of aromatic nitrogens is 1. The van der Waals surface area contributed by atoms with Gasteiger partial charge in [0.2, 0.25) is 0 Å². The number of anilines is 1. The van der Waals surface area contributed by atoms with Gasteiger partial charge in [0, 0.05) is 24.6 Å². The average Bonchev–Trinajstić information content (AvgIpc) is 2.50. The van der Waals surface area contributed by atoms with Crippen molar-refractivity contribution in [2.45, 2.75) is 26.4 Å². The number of rotatable bonds is 6. The maximum Gasteiger partial charge on any atom is 0.193 e. The minimum atomic E-state index is 0.165. The molecule has 2 aromatic rings. The first-order chi connectivity index (χ1) is 10.6. The monoisotopic (exact) mass is 298 g/mol. The van der Waals surface area contributed by atoms with Crippen LogP contribution >= 0.6 is 0 Å². The summed E-state index contributed by atoms with van der Waals surface area (Å²) in [6, 6.07) is 11.6. The Morgan fingerprint density at radius 3 is 2.68 bits per heavy atom. The maximum absolute atomic E-state index is 5.88. The fourth-order valence-electron chi connectivity index (χ4n) is 1.93. The zero-order chi connectivity index (χ0) is 15.8. The molecule has 0 saturated heterocycles. The third-order valence-corrected chi connectivity index (χ3v) is 2.90. The van der Waals surface area contributed by atoms with Crippen LogP contribution in [0.15, 0.2) is 53.8 Å². The number of hydrogen-bond acceptors (Lipinski definition) is 3. The van der Waals surface area contributed by atoms with E-state index in [-0.39, 0.29) is 6.10 Å². The minimum Gasteiger partial charge on any atom is -0.491 e. The predicted molar refractivity (Wildman–Crippen MR) is 90.3 cm³/mol. The van der Waals surface area contributed by atoms with Crippen LogP contribution in [0.3, 0.4) is 0 Å². The normalized spacial score (nSPS) is 11.5. The lowest BCUT2D eigenvalue weighted by atomic mass is 10.2. The van der Waals surface area contributed by atoms with Gasteiger partial charge in [-0.15, -0.1) is 0 Å². The summed E-state index contributed by atoms with van der Waals surface area (Å²) in [6.07, 6.45) is 4.58. The quantitative estimate of drug-likeness (QED) is 0.635. The molecule has 2 rings (SSSR count). The summed E-state index contributed by atoms with van der Waals surface area (Å²) in [5.74, 6) is 1.24. The van der Waals surface area contributed by atoms with E-state index in [2.05, 4.69) is 15.3 Å². The number of benzene rings is 1. The molecule has 0 radical (unpaired) electrons. The Morgan fingerprint density at radius 1 is 1.27 bits per heavy atom. The van der Waals surface area contributed by atoms with Crippen LogP contribution in [0.4, 0.5) is 5.69 Å². The second-order valence-electron chi connectivity index (χ2n) is 5.19. The molecular weight excluding hydrogens is 276 g/mol. The van der Waals surface area contributed by atoms with Crippen molar-refractivity contribution in [3.63, 3.8) is 0 Å². The molecule has 0 saturated carbocycles. The van der Waals surface area contributed by atoms with E-state index >= 15 is 0 Å². The van der Waals surface area contributed by atoms with Crippen LogP contribution in [0.25, 0.3) is 0 Å². The highest BCUT2D eigenvalue weighted by molar-refractivity contribution is 5.92. The van der Waals surface area contributed by atoms with Crippen molar-refractivity contribution in [3.8, 4) is 5.75 Å². The molecule has 0 unspecified atom stereocenters. The molecule has 0 atom stereocenters. The van der Waals surface area contributed by atoms with Crippen LogP contribution < -0.4 is 15.8 Å². The zero-order valence-electron chi connectivity index (χ0n) is 13.0. The molecule has 5 nitrogen and oxygen atoms in total. The molecule has 116 valence electrons. The highest BCUT2D eigenvalue weighted by Gasteiger charge is 1.99. The minimum absolute atomic E-state index is 0.165. The first-order valence-electron chi connectivity index (χ1n) is 7.36. The summed E-state index contributed by atoms with van der Waals surface area (Å²) in [5, 5.41) is 3.07. The Balaban J connectivity index is 1.83. The number of pyridine rings is 1. The van der Waals surface area contributed by atoms with Crippen molar-refractivity contribution >= 4 is 11.6 Å². The van der Waals surface area contributed by atoms with Crippen molar-refractivity contribution in [2.75, 3.05) is 11.9 Å². The SMILES string of the molecule is CC(C)Oc1ccc(NC(N)=NCCc2cccnc2)cc1. The van der Waals surface area contributed by atoms with E-state index in [0.717, 1.165) is 23.4 Å². The van der Waals surface area contributed by atoms with E-state index in [9.17, 15) is 0 Å². The van der Waals surface area contributed by atoms with Gasteiger partial charge >= 0.3 is 0 Å². The molecule has 1 aromatic carbocycles. The first-order valence-corrected chi connectivity index (χ1v) is 7.36. The fraction of sp³-hybridized carbons (Fsp3) is 0.294. The van der Waals surface area contributed by atoms with Gasteiger partial charge in [0.1, 0.15) is 5.75 Å². The van der Waals surface area contributed by atoms with Gasteiger partial charge in [0.05, 0.1) is 6.10 Å². The average molecular weight is 298 g/mol. The number of nitrogens with zero attached hydrogens (tertiary/aromatic N) is 2. The summed E-state index contributed by atoms with van der Waals surface area (Å²) >= 11 is 0. The maximum atomic E-state index is 5.88. The van der Waals surface area contributed by atoms with Gasteiger partial charge in [-0.1, -0.05) is 6.07 Å². The topological polar surface area (TPSA) is 72.5 Å². The summed E-state index contributed by atoms with van der Waals surface area (Å²) in [5.41, 5.74) is 7.92. The Labute approximate surface area is 131 Å². The molecule has 0 spiro atoms. The Kier molecular flexibility index (Phi) is 5.77. The number of aliphatic imine (C=N–C) groups is 1. The van der Waals surface area contributed by atoms with Gasteiger partial charge in [-0.25, -0.2) is 0 Å². The molecule has 0 aliphatic carbocycles. The van der Waals surface area contributed by atoms with Crippen molar-refractivity contribution in [2.24, 2.45) is 10.7 Å². The van der Waals surface area contributed by atoms with Gasteiger partial charge < -0.3 is 15.8 Å². The Bertz CT molecular complexity index is 594. The molecule has 0 amide bonds. The smallest absolute Gasteiger partial charge is 0.193 e. The van der Waals surface area contributed by atoms with Crippen LogP contribution in [-0.4, -0.2) is 23.6 Å². The van der Waals surface area contributed by atoms with Crippen LogP contribution in [0, 0.1) is 0 Å². The lowest BCUT2D eigenvalue weighted by molar-refractivity contribution is 0.242. The molecule has 0 aliphatic rings. The van der Waals surface area contributed by atoms with Crippen LogP contribution in [-0.2, 0) is 6.42 Å². The van der Waals surface area contributed by atoms with Crippen molar-refractivity contribution in [3.05, 3.63) is 54.4 Å². The lowest BCUT2D eigenvalue weighted by Gasteiger charge is -2.10. The van der Waals surface area contributed by atoms with Gasteiger partial charge in [-0.05, 0) is 56.2 Å². The Hall–Kier alpha value is -2.56. The fourth-order valence-corrected chi connectivity index (χ4v) is 1.93.